The molecule has 1 aromatic rings. The quantitative estimate of drug-likeness (QED) is 0.746. The van der Waals surface area contributed by atoms with E-state index in [-0.39, 0.29) is 0 Å². The maximum atomic E-state index is 4.51. The molecule has 0 saturated heterocycles. The van der Waals surface area contributed by atoms with Gasteiger partial charge >= 0.3 is 0 Å². The highest BCUT2D eigenvalue weighted by molar-refractivity contribution is 5.29. The van der Waals surface area contributed by atoms with Crippen LogP contribution in [0.5, 0.6) is 0 Å². The number of nitrogens with one attached hydrogen (secondary N) is 1. The van der Waals surface area contributed by atoms with Crippen molar-refractivity contribution in [3.05, 3.63) is 18.0 Å². The van der Waals surface area contributed by atoms with Gasteiger partial charge in [-0.25, -0.2) is 9.97 Å². The van der Waals surface area contributed by atoms with Crippen LogP contribution in [-0.4, -0.2) is 54.6 Å². The molecule has 1 N–H and O–H groups in total. The highest BCUT2D eigenvalue weighted by Gasteiger charge is 2.09. The number of hydrogen-bond acceptors (Lipinski definition) is 5. The largest absolute Gasteiger partial charge is 0.340 e. The number of likely N-dealkylation sites (N-methyl/N-ethyl adjacent to an activating group) is 1. The van der Waals surface area contributed by atoms with E-state index in [1.807, 2.05) is 12.4 Å². The Hall–Kier alpha value is -1.20. The maximum Gasteiger partial charge on any atom is 0.225 e. The molecular weight excluding hydrogens is 250 g/mol. The molecule has 0 aromatic carbocycles. The van der Waals surface area contributed by atoms with E-state index in [4.69, 9.17) is 0 Å². The van der Waals surface area contributed by atoms with Gasteiger partial charge < -0.3 is 15.1 Å². The molecule has 5 nitrogen and oxygen atoms in total. The Kier molecular flexibility index (Phi) is 7.47. The smallest absolute Gasteiger partial charge is 0.225 e. The van der Waals surface area contributed by atoms with Gasteiger partial charge in [-0.2, -0.15) is 0 Å². The number of aromatic nitrogens is 2. The van der Waals surface area contributed by atoms with E-state index >= 15 is 0 Å². The summed E-state index contributed by atoms with van der Waals surface area (Å²) in [6.07, 6.45) is 4.96. The predicted molar refractivity (Wildman–Crippen MR) is 85.1 cm³/mol. The molecule has 0 amide bonds. The SMILES string of the molecule is CCCN(CCN(C)C)c1ncc(CNC(C)C)cn1. The van der Waals surface area contributed by atoms with Crippen LogP contribution in [-0.2, 0) is 6.54 Å². The van der Waals surface area contributed by atoms with Gasteiger partial charge in [-0.1, -0.05) is 20.8 Å². The maximum absolute atomic E-state index is 4.51. The third kappa shape index (κ3) is 6.30. The first-order chi connectivity index (χ1) is 9.52. The highest BCUT2D eigenvalue weighted by Crippen LogP contribution is 2.08. The van der Waals surface area contributed by atoms with E-state index < -0.39 is 0 Å². The van der Waals surface area contributed by atoms with Crippen molar-refractivity contribution in [3.63, 3.8) is 0 Å². The zero-order chi connectivity index (χ0) is 15.0. The minimum absolute atomic E-state index is 0.478. The molecule has 0 fully saturated rings. The molecule has 0 radical (unpaired) electrons. The number of nitrogens with zero attached hydrogens (tertiary/aromatic N) is 4. The van der Waals surface area contributed by atoms with Crippen LogP contribution in [0.2, 0.25) is 0 Å². The first-order valence-corrected chi connectivity index (χ1v) is 7.47. The standard InChI is InChI=1S/C15H29N5/c1-6-7-20(9-8-19(4)5)15-17-11-14(12-18-15)10-16-13(2)3/h11-13,16H,6-10H2,1-5H3. The fraction of sp³-hybridized carbons (Fsp3) is 0.733. The Morgan fingerprint density at radius 1 is 1.10 bits per heavy atom. The van der Waals surface area contributed by atoms with Crippen molar-refractivity contribution in [1.29, 1.82) is 0 Å². The number of hydrogen-bond donors (Lipinski definition) is 1. The topological polar surface area (TPSA) is 44.3 Å². The van der Waals surface area contributed by atoms with Gasteiger partial charge in [0.1, 0.15) is 0 Å². The molecule has 0 saturated carbocycles. The van der Waals surface area contributed by atoms with Crippen LogP contribution in [0.15, 0.2) is 12.4 Å². The lowest BCUT2D eigenvalue weighted by Crippen LogP contribution is -2.33. The third-order valence-electron chi connectivity index (χ3n) is 3.00. The second-order valence-electron chi connectivity index (χ2n) is 5.72. The molecule has 0 aliphatic heterocycles. The molecule has 0 aliphatic rings. The fourth-order valence-corrected chi connectivity index (χ4v) is 1.83. The Labute approximate surface area is 123 Å². The first-order valence-electron chi connectivity index (χ1n) is 7.47. The van der Waals surface area contributed by atoms with E-state index in [0.717, 1.165) is 44.1 Å². The Bertz CT molecular complexity index is 361. The summed E-state index contributed by atoms with van der Waals surface area (Å²) in [5, 5.41) is 3.38. The summed E-state index contributed by atoms with van der Waals surface area (Å²) in [5.74, 6) is 0.835. The molecule has 0 atom stereocenters. The molecule has 20 heavy (non-hydrogen) atoms. The van der Waals surface area contributed by atoms with E-state index in [1.165, 1.54) is 0 Å². The lowest BCUT2D eigenvalue weighted by atomic mass is 10.3. The van der Waals surface area contributed by atoms with Crippen molar-refractivity contribution < 1.29 is 0 Å². The lowest BCUT2D eigenvalue weighted by Gasteiger charge is -2.23. The van der Waals surface area contributed by atoms with Crippen LogP contribution in [0.3, 0.4) is 0 Å². The van der Waals surface area contributed by atoms with Crippen LogP contribution in [0.25, 0.3) is 0 Å². The van der Waals surface area contributed by atoms with E-state index in [1.54, 1.807) is 0 Å². The summed E-state index contributed by atoms with van der Waals surface area (Å²) in [4.78, 5) is 13.5. The molecule has 1 aromatic heterocycles. The fourth-order valence-electron chi connectivity index (χ4n) is 1.83. The summed E-state index contributed by atoms with van der Waals surface area (Å²) in [7, 11) is 4.18. The summed E-state index contributed by atoms with van der Waals surface area (Å²) in [6, 6.07) is 0.478. The van der Waals surface area contributed by atoms with Crippen molar-refractivity contribution in [2.75, 3.05) is 38.6 Å². The lowest BCUT2D eigenvalue weighted by molar-refractivity contribution is 0.411. The van der Waals surface area contributed by atoms with Gasteiger partial charge in [-0.05, 0) is 20.5 Å². The van der Waals surface area contributed by atoms with Gasteiger partial charge in [0, 0.05) is 50.2 Å². The molecule has 114 valence electrons. The van der Waals surface area contributed by atoms with Crippen LogP contribution in [0.1, 0.15) is 32.8 Å². The zero-order valence-electron chi connectivity index (χ0n) is 13.6. The van der Waals surface area contributed by atoms with Crippen LogP contribution in [0.4, 0.5) is 5.95 Å². The first kappa shape index (κ1) is 16.9. The molecule has 1 rings (SSSR count). The van der Waals surface area contributed by atoms with E-state index in [0.29, 0.717) is 6.04 Å². The van der Waals surface area contributed by atoms with Crippen LogP contribution >= 0.6 is 0 Å². The van der Waals surface area contributed by atoms with E-state index in [9.17, 15) is 0 Å². The molecule has 5 heteroatoms. The Balaban J connectivity index is 2.62. The van der Waals surface area contributed by atoms with Crippen LogP contribution < -0.4 is 10.2 Å². The predicted octanol–water partition coefficient (Wildman–Crippen LogP) is 1.75. The highest BCUT2D eigenvalue weighted by atomic mass is 15.3. The van der Waals surface area contributed by atoms with E-state index in [2.05, 4.69) is 60.0 Å². The average molecular weight is 279 g/mol. The summed E-state index contributed by atoms with van der Waals surface area (Å²) in [6.45, 7) is 10.3. The van der Waals surface area contributed by atoms with Crippen LogP contribution in [0, 0.1) is 0 Å². The summed E-state index contributed by atoms with van der Waals surface area (Å²) >= 11 is 0. The van der Waals surface area contributed by atoms with Gasteiger partial charge in [-0.3, -0.25) is 0 Å². The second-order valence-corrected chi connectivity index (χ2v) is 5.72. The molecule has 0 bridgehead atoms. The Morgan fingerprint density at radius 2 is 1.75 bits per heavy atom. The van der Waals surface area contributed by atoms with Crippen molar-refractivity contribution in [3.8, 4) is 0 Å². The third-order valence-corrected chi connectivity index (χ3v) is 3.00. The van der Waals surface area contributed by atoms with Crippen molar-refractivity contribution in [1.82, 2.24) is 20.2 Å². The summed E-state index contributed by atoms with van der Waals surface area (Å²) in [5.41, 5.74) is 1.13. The van der Waals surface area contributed by atoms with Gasteiger partial charge in [0.05, 0.1) is 0 Å². The van der Waals surface area contributed by atoms with Gasteiger partial charge in [0.15, 0.2) is 0 Å². The van der Waals surface area contributed by atoms with Gasteiger partial charge in [0.25, 0.3) is 0 Å². The molecular formula is C15H29N5. The van der Waals surface area contributed by atoms with Crippen molar-refractivity contribution >= 4 is 5.95 Å². The monoisotopic (exact) mass is 279 g/mol. The average Bonchev–Trinajstić information content (AvgIpc) is 2.41. The number of rotatable bonds is 9. The molecule has 0 unspecified atom stereocenters. The minimum Gasteiger partial charge on any atom is -0.340 e. The molecule has 0 aliphatic carbocycles. The summed E-state index contributed by atoms with van der Waals surface area (Å²) < 4.78 is 0. The Morgan fingerprint density at radius 3 is 2.25 bits per heavy atom. The van der Waals surface area contributed by atoms with Crippen molar-refractivity contribution in [2.45, 2.75) is 39.8 Å². The second kappa shape index (κ2) is 8.87. The minimum atomic E-state index is 0.478. The zero-order valence-corrected chi connectivity index (χ0v) is 13.6. The number of anilines is 1. The molecule has 1 heterocycles. The normalized spacial score (nSPS) is 11.3. The van der Waals surface area contributed by atoms with Crippen molar-refractivity contribution in [2.24, 2.45) is 0 Å². The molecule has 0 spiro atoms. The van der Waals surface area contributed by atoms with Gasteiger partial charge in [-0.15, -0.1) is 0 Å². The van der Waals surface area contributed by atoms with Gasteiger partial charge in [0.2, 0.25) is 5.95 Å².